The van der Waals surface area contributed by atoms with Crippen molar-refractivity contribution in [3.05, 3.63) is 64.4 Å². The zero-order valence-electron chi connectivity index (χ0n) is 24.8. The average molecular weight is 562 g/mol. The maximum Gasteiger partial charge on any atom is 0.181 e. The molecule has 5 rings (SSSR count). The summed E-state index contributed by atoms with van der Waals surface area (Å²) in [6, 6.07) is 8.32. The largest absolute Gasteiger partial charge is 0.485 e. The maximum absolute atomic E-state index is 13.2. The average Bonchev–Trinajstić information content (AvgIpc) is 3.37. The summed E-state index contributed by atoms with van der Waals surface area (Å²) in [5.41, 5.74) is 5.23. The number of aromatic nitrogens is 2. The minimum atomic E-state index is -0.568. The van der Waals surface area contributed by atoms with Crippen molar-refractivity contribution in [3.63, 3.8) is 0 Å². The lowest BCUT2D eigenvalue weighted by Crippen LogP contribution is -2.37. The van der Waals surface area contributed by atoms with Crippen molar-refractivity contribution < 1.29 is 19.1 Å². The summed E-state index contributed by atoms with van der Waals surface area (Å²) in [7, 11) is 1.99. The molecule has 0 unspecified atom stereocenters. The Kier molecular flexibility index (Phi) is 9.25. The highest BCUT2D eigenvalue weighted by molar-refractivity contribution is 5.97. The first-order chi connectivity index (χ1) is 19.8. The highest BCUT2D eigenvalue weighted by Gasteiger charge is 2.23. The number of hydrogen-bond acceptors (Lipinski definition) is 9. The van der Waals surface area contributed by atoms with Gasteiger partial charge < -0.3 is 24.5 Å². The molecule has 3 aromatic rings. The number of fused-ring (bicyclic) bond motifs is 1. The number of β-amino-alcohol motifs (C(OH)–C–C–N with tert-alkyl or cyclic N) is 1. The monoisotopic (exact) mass is 561 g/mol. The number of Topliss-reactive ketones (excluding diaryl/α,β-unsaturated/α-hetero) is 1. The van der Waals surface area contributed by atoms with Crippen LogP contribution >= 0.6 is 0 Å². The van der Waals surface area contributed by atoms with E-state index in [9.17, 15) is 9.90 Å². The molecule has 9 nitrogen and oxygen atoms in total. The number of anilines is 2. The van der Waals surface area contributed by atoms with E-state index in [1.807, 2.05) is 37.1 Å². The van der Waals surface area contributed by atoms with Crippen LogP contribution in [0.2, 0.25) is 0 Å². The number of carbonyl (C=O) groups is 1. The van der Waals surface area contributed by atoms with Crippen molar-refractivity contribution in [2.24, 2.45) is 0 Å². The Bertz CT molecular complexity index is 1350. The lowest BCUT2D eigenvalue weighted by atomic mass is 9.93. The van der Waals surface area contributed by atoms with Gasteiger partial charge in [0.05, 0.1) is 11.8 Å². The fourth-order valence-corrected chi connectivity index (χ4v) is 5.50. The number of ether oxygens (including phenoxy) is 1. The molecule has 1 aliphatic carbocycles. The fourth-order valence-electron chi connectivity index (χ4n) is 5.50. The van der Waals surface area contributed by atoms with Crippen LogP contribution in [0.5, 0.6) is 5.75 Å². The molecule has 0 bridgehead atoms. The summed E-state index contributed by atoms with van der Waals surface area (Å²) in [5.74, 6) is 3.21. The fraction of sp³-hybridized carbons (Fsp3) is 0.531. The van der Waals surface area contributed by atoms with Crippen molar-refractivity contribution in [1.29, 1.82) is 0 Å². The van der Waals surface area contributed by atoms with Crippen LogP contribution < -0.4 is 15.0 Å². The zero-order chi connectivity index (χ0) is 28.9. The van der Waals surface area contributed by atoms with E-state index in [4.69, 9.17) is 14.1 Å². The molecule has 0 amide bonds. The van der Waals surface area contributed by atoms with Gasteiger partial charge in [-0.3, -0.25) is 9.69 Å². The molecular formula is C32H43N5O4. The van der Waals surface area contributed by atoms with Crippen LogP contribution in [-0.4, -0.2) is 64.6 Å². The van der Waals surface area contributed by atoms with E-state index >= 15 is 0 Å². The summed E-state index contributed by atoms with van der Waals surface area (Å²) in [6.45, 7) is 9.42. The molecule has 3 heterocycles. The molecule has 2 N–H and O–H groups in total. The number of aliphatic hydroxyl groups is 1. The second-order valence-electron chi connectivity index (χ2n) is 11.5. The van der Waals surface area contributed by atoms with Gasteiger partial charge in [-0.25, -0.2) is 9.97 Å². The summed E-state index contributed by atoms with van der Waals surface area (Å²) < 4.78 is 11.4. The second kappa shape index (κ2) is 13.0. The van der Waals surface area contributed by atoms with Crippen molar-refractivity contribution in [2.75, 3.05) is 36.9 Å². The number of carbonyl (C=O) groups excluding carboxylic acids is 1. The second-order valence-corrected chi connectivity index (χ2v) is 11.5. The number of aryl methyl sites for hydroxylation is 1. The molecule has 0 spiro atoms. The lowest BCUT2D eigenvalue weighted by Gasteiger charge is -2.31. The van der Waals surface area contributed by atoms with Gasteiger partial charge >= 0.3 is 0 Å². The third kappa shape index (κ3) is 7.08. The Morgan fingerprint density at radius 3 is 2.83 bits per heavy atom. The lowest BCUT2D eigenvalue weighted by molar-refractivity contribution is 0.0836. The Morgan fingerprint density at radius 1 is 1.29 bits per heavy atom. The van der Waals surface area contributed by atoms with Gasteiger partial charge in [0.2, 0.25) is 0 Å². The smallest absolute Gasteiger partial charge is 0.181 e. The summed E-state index contributed by atoms with van der Waals surface area (Å²) >= 11 is 0. The maximum atomic E-state index is 13.2. The third-order valence-electron chi connectivity index (χ3n) is 8.55. The molecule has 1 fully saturated rings. The number of hydrogen-bond donors (Lipinski definition) is 2. The van der Waals surface area contributed by atoms with Gasteiger partial charge in [0.15, 0.2) is 17.9 Å². The van der Waals surface area contributed by atoms with Gasteiger partial charge in [0.25, 0.3) is 0 Å². The topological polar surface area (TPSA) is 104 Å². The Balaban J connectivity index is 1.14. The molecule has 0 radical (unpaired) electrons. The van der Waals surface area contributed by atoms with Crippen LogP contribution in [0, 0.1) is 13.8 Å². The Morgan fingerprint density at radius 2 is 2.12 bits per heavy atom. The van der Waals surface area contributed by atoms with E-state index in [1.54, 1.807) is 0 Å². The quantitative estimate of drug-likeness (QED) is 0.277. The minimum absolute atomic E-state index is 0.0431. The number of rotatable bonds is 13. The van der Waals surface area contributed by atoms with E-state index in [0.29, 0.717) is 37.6 Å². The number of nitrogens with zero attached hydrogens (tertiary/aromatic N) is 4. The SMILES string of the molecule is CCN(C)c1cc(C(=O)CC[C@H](O)CN2CCc3c(ccc(OCc4ocnc4C)c3C)C2)cc(NC2CCC2)n1. The third-order valence-corrected chi connectivity index (χ3v) is 8.55. The molecule has 0 saturated heterocycles. The van der Waals surface area contributed by atoms with E-state index in [2.05, 4.69) is 35.1 Å². The van der Waals surface area contributed by atoms with Gasteiger partial charge in [0, 0.05) is 51.3 Å². The highest BCUT2D eigenvalue weighted by atomic mass is 16.5. The van der Waals surface area contributed by atoms with Gasteiger partial charge in [0.1, 0.15) is 24.0 Å². The molecule has 1 saturated carbocycles. The van der Waals surface area contributed by atoms with Crippen LogP contribution in [0.3, 0.4) is 0 Å². The van der Waals surface area contributed by atoms with Crippen LogP contribution in [0.4, 0.5) is 11.6 Å². The molecule has 9 heteroatoms. The standard InChI is InChI=1S/C32H43N5O4/c1-5-36(4)32-16-24(15-31(35-32)34-25-7-6-8-25)28(39)11-10-26(38)18-37-14-13-27-21(2)29(12-9-23(27)17-37)40-19-30-22(3)33-20-41-30/h9,12,15-16,20,25-26,38H,5-8,10-11,13-14,17-19H2,1-4H3,(H,34,35)/t26-/m0/s1. The molecule has 2 aliphatic rings. The first-order valence-corrected chi connectivity index (χ1v) is 14.9. The van der Waals surface area contributed by atoms with Gasteiger partial charge in [-0.05, 0) is 87.8 Å². The predicted octanol–water partition coefficient (Wildman–Crippen LogP) is 5.07. The number of pyridine rings is 1. The van der Waals surface area contributed by atoms with Crippen LogP contribution in [-0.2, 0) is 19.6 Å². The number of aliphatic hydroxyl groups excluding tert-OH is 1. The molecular weight excluding hydrogens is 518 g/mol. The Labute approximate surface area is 242 Å². The van der Waals surface area contributed by atoms with Gasteiger partial charge in [-0.15, -0.1) is 0 Å². The minimum Gasteiger partial charge on any atom is -0.485 e. The first kappa shape index (κ1) is 29.1. The summed E-state index contributed by atoms with van der Waals surface area (Å²) in [4.78, 5) is 26.4. The number of oxazole rings is 1. The van der Waals surface area contributed by atoms with Crippen LogP contribution in [0.25, 0.3) is 0 Å². The van der Waals surface area contributed by atoms with Crippen LogP contribution in [0.15, 0.2) is 35.1 Å². The van der Waals surface area contributed by atoms with Gasteiger partial charge in [-0.2, -0.15) is 0 Å². The zero-order valence-corrected chi connectivity index (χ0v) is 24.8. The van der Waals surface area contributed by atoms with E-state index < -0.39 is 6.10 Å². The molecule has 220 valence electrons. The molecule has 2 aromatic heterocycles. The van der Waals surface area contributed by atoms with Crippen molar-refractivity contribution in [3.8, 4) is 5.75 Å². The highest BCUT2D eigenvalue weighted by Crippen LogP contribution is 2.30. The number of nitrogens with one attached hydrogen (secondary N) is 1. The Hall–Kier alpha value is -3.43. The van der Waals surface area contributed by atoms with E-state index in [0.717, 1.165) is 73.3 Å². The molecule has 1 aliphatic heterocycles. The normalized spacial score (nSPS) is 16.1. The van der Waals surface area contributed by atoms with E-state index in [1.165, 1.54) is 23.9 Å². The van der Waals surface area contributed by atoms with Gasteiger partial charge in [-0.1, -0.05) is 6.07 Å². The first-order valence-electron chi connectivity index (χ1n) is 14.9. The van der Waals surface area contributed by atoms with Crippen LogP contribution in [0.1, 0.15) is 77.5 Å². The van der Waals surface area contributed by atoms with E-state index in [-0.39, 0.29) is 5.78 Å². The summed E-state index contributed by atoms with van der Waals surface area (Å²) in [5, 5.41) is 14.3. The molecule has 1 atom stereocenters. The van der Waals surface area contributed by atoms with Crippen molar-refractivity contribution >= 4 is 17.4 Å². The predicted molar refractivity (Wildman–Crippen MR) is 160 cm³/mol. The summed E-state index contributed by atoms with van der Waals surface area (Å²) in [6.07, 6.45) is 6.03. The van der Waals surface area contributed by atoms with Crippen molar-refractivity contribution in [1.82, 2.24) is 14.9 Å². The number of benzene rings is 1. The van der Waals surface area contributed by atoms with Crippen molar-refractivity contribution in [2.45, 2.75) is 84.6 Å². The number of ketones is 1. The molecule has 41 heavy (non-hydrogen) atoms. The molecule has 1 aromatic carbocycles.